The third kappa shape index (κ3) is 5.48. The summed E-state index contributed by atoms with van der Waals surface area (Å²) in [6.07, 6.45) is 4.53. The summed E-state index contributed by atoms with van der Waals surface area (Å²) in [5, 5.41) is 0. The average molecular weight is 290 g/mol. The minimum atomic E-state index is 0.263. The maximum atomic E-state index is 12.2. The molecule has 0 aromatic heterocycles. The number of carbonyl (C=O) groups is 1. The van der Waals surface area contributed by atoms with E-state index in [4.69, 9.17) is 10.5 Å². The van der Waals surface area contributed by atoms with Crippen molar-refractivity contribution in [2.45, 2.75) is 38.2 Å². The molecule has 0 saturated carbocycles. The topological polar surface area (TPSA) is 55.6 Å². The van der Waals surface area contributed by atoms with Gasteiger partial charge in [-0.05, 0) is 37.8 Å². The largest absolute Gasteiger partial charge is 0.378 e. The van der Waals surface area contributed by atoms with Crippen molar-refractivity contribution in [1.82, 2.24) is 4.90 Å². The fourth-order valence-corrected chi connectivity index (χ4v) is 2.66. The maximum absolute atomic E-state index is 12.2. The Hall–Kier alpha value is -1.39. The van der Waals surface area contributed by atoms with Crippen LogP contribution in [-0.2, 0) is 16.0 Å². The monoisotopic (exact) mass is 290 g/mol. The highest BCUT2D eigenvalue weighted by atomic mass is 16.5. The number of rotatable bonds is 7. The summed E-state index contributed by atoms with van der Waals surface area (Å²) in [5.41, 5.74) is 6.68. The number of carbonyl (C=O) groups excluding carboxylic acids is 1. The van der Waals surface area contributed by atoms with Crippen LogP contribution in [0.3, 0.4) is 0 Å². The molecule has 21 heavy (non-hydrogen) atoms. The molecule has 1 aromatic carbocycles. The first-order chi connectivity index (χ1) is 10.3. The van der Waals surface area contributed by atoms with Crippen LogP contribution in [0.1, 0.15) is 31.2 Å². The minimum Gasteiger partial charge on any atom is -0.378 e. The van der Waals surface area contributed by atoms with Crippen molar-refractivity contribution < 1.29 is 9.53 Å². The fourth-order valence-electron chi connectivity index (χ4n) is 2.66. The molecule has 0 aliphatic carbocycles. The van der Waals surface area contributed by atoms with E-state index in [2.05, 4.69) is 12.1 Å². The van der Waals surface area contributed by atoms with E-state index in [1.165, 1.54) is 5.56 Å². The number of benzene rings is 1. The molecular weight excluding hydrogens is 264 g/mol. The molecule has 116 valence electrons. The molecule has 1 saturated heterocycles. The summed E-state index contributed by atoms with van der Waals surface area (Å²) in [4.78, 5) is 14.2. The lowest BCUT2D eigenvalue weighted by Gasteiger charge is -2.32. The predicted octanol–water partition coefficient (Wildman–Crippen LogP) is 1.98. The SMILES string of the molecule is NCCCOC1CCN(C(=O)CCc2ccccc2)CC1. The van der Waals surface area contributed by atoms with E-state index in [0.717, 1.165) is 45.4 Å². The zero-order chi connectivity index (χ0) is 14.9. The Labute approximate surface area is 127 Å². The van der Waals surface area contributed by atoms with E-state index in [1.807, 2.05) is 23.1 Å². The summed E-state index contributed by atoms with van der Waals surface area (Å²) >= 11 is 0. The van der Waals surface area contributed by atoms with Gasteiger partial charge >= 0.3 is 0 Å². The molecule has 1 amide bonds. The third-order valence-electron chi connectivity index (χ3n) is 3.97. The van der Waals surface area contributed by atoms with Crippen molar-refractivity contribution in [3.8, 4) is 0 Å². The summed E-state index contributed by atoms with van der Waals surface area (Å²) in [6.45, 7) is 3.06. The van der Waals surface area contributed by atoms with Gasteiger partial charge in [0.25, 0.3) is 0 Å². The maximum Gasteiger partial charge on any atom is 0.222 e. The molecule has 1 fully saturated rings. The first-order valence-corrected chi connectivity index (χ1v) is 7.93. The van der Waals surface area contributed by atoms with Crippen LogP contribution >= 0.6 is 0 Å². The number of hydrogen-bond acceptors (Lipinski definition) is 3. The number of piperidine rings is 1. The molecule has 2 N–H and O–H groups in total. The minimum absolute atomic E-state index is 0.263. The summed E-state index contributed by atoms with van der Waals surface area (Å²) in [7, 11) is 0. The molecule has 0 spiro atoms. The van der Waals surface area contributed by atoms with Gasteiger partial charge in [0.2, 0.25) is 5.91 Å². The van der Waals surface area contributed by atoms with Crippen molar-refractivity contribution in [3.05, 3.63) is 35.9 Å². The van der Waals surface area contributed by atoms with Gasteiger partial charge in [-0.15, -0.1) is 0 Å². The molecule has 0 unspecified atom stereocenters. The van der Waals surface area contributed by atoms with Gasteiger partial charge in [0.05, 0.1) is 6.10 Å². The van der Waals surface area contributed by atoms with Crippen molar-refractivity contribution in [2.75, 3.05) is 26.2 Å². The summed E-state index contributed by atoms with van der Waals surface area (Å²) in [5.74, 6) is 0.263. The first-order valence-electron chi connectivity index (χ1n) is 7.93. The Kier molecular flexibility index (Phi) is 6.70. The molecule has 4 nitrogen and oxygen atoms in total. The second kappa shape index (κ2) is 8.80. The molecule has 4 heteroatoms. The zero-order valence-electron chi connectivity index (χ0n) is 12.7. The van der Waals surface area contributed by atoms with Crippen molar-refractivity contribution in [2.24, 2.45) is 5.73 Å². The lowest BCUT2D eigenvalue weighted by atomic mass is 10.1. The quantitative estimate of drug-likeness (QED) is 0.781. The highest BCUT2D eigenvalue weighted by Gasteiger charge is 2.22. The molecular formula is C17H26N2O2. The third-order valence-corrected chi connectivity index (χ3v) is 3.97. The highest BCUT2D eigenvalue weighted by molar-refractivity contribution is 5.76. The van der Waals surface area contributed by atoms with Crippen LogP contribution in [0.25, 0.3) is 0 Å². The van der Waals surface area contributed by atoms with E-state index in [-0.39, 0.29) is 5.91 Å². The van der Waals surface area contributed by atoms with Crippen molar-refractivity contribution in [3.63, 3.8) is 0 Å². The highest BCUT2D eigenvalue weighted by Crippen LogP contribution is 2.15. The van der Waals surface area contributed by atoms with Gasteiger partial charge in [-0.1, -0.05) is 30.3 Å². The normalized spacial score (nSPS) is 16.1. The van der Waals surface area contributed by atoms with Gasteiger partial charge < -0.3 is 15.4 Å². The van der Waals surface area contributed by atoms with Crippen LogP contribution in [0.5, 0.6) is 0 Å². The van der Waals surface area contributed by atoms with E-state index in [0.29, 0.717) is 19.1 Å². The average Bonchev–Trinajstić information content (AvgIpc) is 2.54. The molecule has 0 bridgehead atoms. The molecule has 1 heterocycles. The first kappa shape index (κ1) is 16.0. The van der Waals surface area contributed by atoms with Crippen LogP contribution in [-0.4, -0.2) is 43.2 Å². The van der Waals surface area contributed by atoms with E-state index >= 15 is 0 Å². The van der Waals surface area contributed by atoms with Crippen molar-refractivity contribution in [1.29, 1.82) is 0 Å². The number of nitrogens with zero attached hydrogens (tertiary/aromatic N) is 1. The van der Waals surface area contributed by atoms with E-state index in [9.17, 15) is 4.79 Å². The van der Waals surface area contributed by atoms with Gasteiger partial charge in [0.1, 0.15) is 0 Å². The number of likely N-dealkylation sites (tertiary alicyclic amines) is 1. The van der Waals surface area contributed by atoms with E-state index < -0.39 is 0 Å². The van der Waals surface area contributed by atoms with Gasteiger partial charge in [-0.2, -0.15) is 0 Å². The lowest BCUT2D eigenvalue weighted by Crippen LogP contribution is -2.41. The number of hydrogen-bond donors (Lipinski definition) is 1. The molecule has 1 aliphatic heterocycles. The Bertz CT molecular complexity index is 414. The fraction of sp³-hybridized carbons (Fsp3) is 0.588. The second-order valence-electron chi connectivity index (χ2n) is 5.58. The Morgan fingerprint density at radius 1 is 1.24 bits per heavy atom. The smallest absolute Gasteiger partial charge is 0.222 e. The second-order valence-corrected chi connectivity index (χ2v) is 5.58. The van der Waals surface area contributed by atoms with Crippen LogP contribution in [0.2, 0.25) is 0 Å². The van der Waals surface area contributed by atoms with Gasteiger partial charge in [0, 0.05) is 26.1 Å². The molecule has 1 aliphatic rings. The van der Waals surface area contributed by atoms with Crippen LogP contribution in [0.15, 0.2) is 30.3 Å². The van der Waals surface area contributed by atoms with Crippen molar-refractivity contribution >= 4 is 5.91 Å². The number of ether oxygens (including phenoxy) is 1. The summed E-state index contributed by atoms with van der Waals surface area (Å²) < 4.78 is 5.76. The van der Waals surface area contributed by atoms with Gasteiger partial charge in [-0.3, -0.25) is 4.79 Å². The predicted molar refractivity (Wildman–Crippen MR) is 84.0 cm³/mol. The van der Waals surface area contributed by atoms with Crippen LogP contribution in [0.4, 0.5) is 0 Å². The molecule has 2 rings (SSSR count). The Balaban J connectivity index is 1.66. The van der Waals surface area contributed by atoms with Gasteiger partial charge in [0.15, 0.2) is 0 Å². The Morgan fingerprint density at radius 2 is 1.95 bits per heavy atom. The van der Waals surface area contributed by atoms with Crippen LogP contribution in [0, 0.1) is 0 Å². The molecule has 0 radical (unpaired) electrons. The zero-order valence-corrected chi connectivity index (χ0v) is 12.7. The van der Waals surface area contributed by atoms with E-state index in [1.54, 1.807) is 0 Å². The number of nitrogens with two attached hydrogens (primary N) is 1. The lowest BCUT2D eigenvalue weighted by molar-refractivity contribution is -0.133. The number of aryl methyl sites for hydroxylation is 1. The standard InChI is InChI=1S/C17H26N2O2/c18-11-4-14-21-16-9-12-19(13-10-16)17(20)8-7-15-5-2-1-3-6-15/h1-3,5-6,16H,4,7-14,18H2. The number of amides is 1. The molecule has 0 atom stereocenters. The Morgan fingerprint density at radius 3 is 2.62 bits per heavy atom. The van der Waals surface area contributed by atoms with Crippen LogP contribution < -0.4 is 5.73 Å². The molecule has 1 aromatic rings. The van der Waals surface area contributed by atoms with Gasteiger partial charge in [-0.25, -0.2) is 0 Å². The summed E-state index contributed by atoms with van der Waals surface area (Å²) in [6, 6.07) is 10.2.